The van der Waals surface area contributed by atoms with Gasteiger partial charge in [0, 0.05) is 5.92 Å². The Balaban J connectivity index is 2.16. The fraction of sp³-hybridized carbons (Fsp3) is 0.556. The van der Waals surface area contributed by atoms with Crippen molar-refractivity contribution in [2.45, 2.75) is 47.5 Å². The molecule has 0 spiro atoms. The molecule has 112 valence electrons. The molecule has 0 N–H and O–H groups in total. The lowest BCUT2D eigenvalue weighted by Gasteiger charge is -2.47. The van der Waals surface area contributed by atoms with Crippen molar-refractivity contribution in [3.8, 4) is 0 Å². The molecular formula is C18H23NO2. The number of hydrogen-bond acceptors (Lipinski definition) is 2. The lowest BCUT2D eigenvalue weighted by Crippen LogP contribution is -2.59. The Hall–Kier alpha value is -1.64. The van der Waals surface area contributed by atoms with Crippen molar-refractivity contribution in [2.24, 2.45) is 16.7 Å². The summed E-state index contributed by atoms with van der Waals surface area (Å²) in [5.74, 6) is -0.103. The van der Waals surface area contributed by atoms with Gasteiger partial charge < -0.3 is 0 Å². The molecule has 2 atom stereocenters. The molecule has 2 fully saturated rings. The first-order valence-electron chi connectivity index (χ1n) is 7.66. The average molecular weight is 285 g/mol. The minimum atomic E-state index is -0.443. The van der Waals surface area contributed by atoms with Crippen LogP contribution in [0.15, 0.2) is 18.2 Å². The van der Waals surface area contributed by atoms with Crippen molar-refractivity contribution in [3.05, 3.63) is 29.3 Å². The number of carbonyl (C=O) groups excluding carboxylic acids is 2. The first kappa shape index (κ1) is 14.3. The first-order valence-corrected chi connectivity index (χ1v) is 7.66. The highest BCUT2D eigenvalue weighted by atomic mass is 16.2. The second kappa shape index (κ2) is 4.19. The van der Waals surface area contributed by atoms with Gasteiger partial charge in [-0.1, -0.05) is 32.9 Å². The van der Waals surface area contributed by atoms with E-state index >= 15 is 0 Å². The van der Waals surface area contributed by atoms with Crippen molar-refractivity contribution in [3.63, 3.8) is 0 Å². The number of benzene rings is 1. The van der Waals surface area contributed by atoms with Crippen molar-refractivity contribution in [2.75, 3.05) is 4.90 Å². The molecule has 21 heavy (non-hydrogen) atoms. The third-order valence-corrected chi connectivity index (χ3v) is 6.24. The molecule has 2 bridgehead atoms. The summed E-state index contributed by atoms with van der Waals surface area (Å²) in [6.45, 7) is 10.2. The van der Waals surface area contributed by atoms with Crippen molar-refractivity contribution >= 4 is 17.5 Å². The normalized spacial score (nSPS) is 30.9. The SMILES string of the molecule is Cc1cccc(N2C(=O)[C@H]3CC[C@@](C)(C2=O)C3(C)C)c1C. The van der Waals surface area contributed by atoms with Gasteiger partial charge >= 0.3 is 0 Å². The molecule has 1 aromatic rings. The minimum Gasteiger partial charge on any atom is -0.274 e. The van der Waals surface area contributed by atoms with E-state index in [1.807, 2.05) is 39.0 Å². The molecule has 1 heterocycles. The van der Waals surface area contributed by atoms with Crippen molar-refractivity contribution < 1.29 is 9.59 Å². The molecule has 1 saturated heterocycles. The molecule has 0 radical (unpaired) electrons. The number of fused-ring (bicyclic) bond motifs is 2. The van der Waals surface area contributed by atoms with Gasteiger partial charge in [-0.25, -0.2) is 4.90 Å². The zero-order valence-corrected chi connectivity index (χ0v) is 13.5. The highest BCUT2D eigenvalue weighted by Gasteiger charge is 2.64. The van der Waals surface area contributed by atoms with E-state index in [0.717, 1.165) is 29.7 Å². The molecular weight excluding hydrogens is 262 g/mol. The fourth-order valence-corrected chi connectivity index (χ4v) is 4.02. The van der Waals surface area contributed by atoms with E-state index in [1.54, 1.807) is 0 Å². The summed E-state index contributed by atoms with van der Waals surface area (Å²) < 4.78 is 0. The lowest BCUT2D eigenvalue weighted by molar-refractivity contribution is -0.146. The summed E-state index contributed by atoms with van der Waals surface area (Å²) in [4.78, 5) is 27.5. The third-order valence-electron chi connectivity index (χ3n) is 6.24. The highest BCUT2D eigenvalue weighted by Crippen LogP contribution is 2.60. The van der Waals surface area contributed by atoms with Crippen LogP contribution in [-0.4, -0.2) is 11.8 Å². The van der Waals surface area contributed by atoms with Crippen LogP contribution in [0.1, 0.15) is 44.7 Å². The zero-order chi connectivity index (χ0) is 15.6. The van der Waals surface area contributed by atoms with Gasteiger partial charge in [0.25, 0.3) is 0 Å². The summed E-state index contributed by atoms with van der Waals surface area (Å²) in [5.41, 5.74) is 2.19. The van der Waals surface area contributed by atoms with Crippen LogP contribution in [0, 0.1) is 30.6 Å². The number of hydrogen-bond donors (Lipinski definition) is 0. The molecule has 3 rings (SSSR count). The minimum absolute atomic E-state index is 0.0197. The van der Waals surface area contributed by atoms with Gasteiger partial charge in [0.2, 0.25) is 11.8 Å². The van der Waals surface area contributed by atoms with Gasteiger partial charge in [0.1, 0.15) is 0 Å². The van der Waals surface area contributed by atoms with E-state index in [-0.39, 0.29) is 23.1 Å². The summed E-state index contributed by atoms with van der Waals surface area (Å²) in [7, 11) is 0. The van der Waals surface area contributed by atoms with Crippen LogP contribution >= 0.6 is 0 Å². The molecule has 0 aromatic heterocycles. The van der Waals surface area contributed by atoms with E-state index in [2.05, 4.69) is 13.8 Å². The van der Waals surface area contributed by atoms with Gasteiger partial charge in [0.05, 0.1) is 11.1 Å². The van der Waals surface area contributed by atoms with E-state index in [9.17, 15) is 9.59 Å². The number of carbonyl (C=O) groups is 2. The Morgan fingerprint density at radius 1 is 1.14 bits per heavy atom. The predicted molar refractivity (Wildman–Crippen MR) is 83.0 cm³/mol. The second-order valence-electron chi connectivity index (χ2n) is 7.34. The molecule has 2 aliphatic rings. The molecule has 3 nitrogen and oxygen atoms in total. The van der Waals surface area contributed by atoms with Crippen LogP contribution in [0.5, 0.6) is 0 Å². The topological polar surface area (TPSA) is 37.4 Å². The summed E-state index contributed by atoms with van der Waals surface area (Å²) in [6, 6.07) is 5.82. The number of amides is 2. The van der Waals surface area contributed by atoms with Gasteiger partial charge in [-0.05, 0) is 49.3 Å². The predicted octanol–water partition coefficient (Wildman–Crippen LogP) is 3.62. The monoisotopic (exact) mass is 285 g/mol. The van der Waals surface area contributed by atoms with E-state index in [1.165, 1.54) is 4.90 Å². The second-order valence-corrected chi connectivity index (χ2v) is 7.34. The molecule has 0 unspecified atom stereocenters. The zero-order valence-electron chi connectivity index (χ0n) is 13.5. The molecule has 1 aliphatic heterocycles. The third kappa shape index (κ3) is 1.60. The largest absolute Gasteiger partial charge is 0.274 e. The Labute approximate surface area is 126 Å². The quantitative estimate of drug-likeness (QED) is 0.739. The van der Waals surface area contributed by atoms with Crippen LogP contribution in [0.3, 0.4) is 0 Å². The lowest BCUT2D eigenvalue weighted by atomic mass is 9.62. The highest BCUT2D eigenvalue weighted by molar-refractivity contribution is 6.21. The molecule has 1 aliphatic carbocycles. The van der Waals surface area contributed by atoms with Crippen LogP contribution in [0.25, 0.3) is 0 Å². The summed E-state index contributed by atoms with van der Waals surface area (Å²) in [6.07, 6.45) is 1.62. The smallest absolute Gasteiger partial charge is 0.240 e. The maximum Gasteiger partial charge on any atom is 0.240 e. The van der Waals surface area contributed by atoms with E-state index in [0.29, 0.717) is 0 Å². The van der Waals surface area contributed by atoms with Gasteiger partial charge in [0.15, 0.2) is 0 Å². The Morgan fingerprint density at radius 3 is 2.48 bits per heavy atom. The van der Waals surface area contributed by atoms with Crippen LogP contribution in [-0.2, 0) is 9.59 Å². The first-order chi connectivity index (χ1) is 9.72. The number of imide groups is 1. The number of nitrogens with zero attached hydrogens (tertiary/aromatic N) is 1. The number of anilines is 1. The Bertz CT molecular complexity index is 647. The fourth-order valence-electron chi connectivity index (χ4n) is 4.02. The van der Waals surface area contributed by atoms with Crippen LogP contribution in [0.2, 0.25) is 0 Å². The van der Waals surface area contributed by atoms with Crippen molar-refractivity contribution in [1.29, 1.82) is 0 Å². The number of rotatable bonds is 1. The Morgan fingerprint density at radius 2 is 1.81 bits per heavy atom. The molecule has 1 aromatic carbocycles. The van der Waals surface area contributed by atoms with Crippen LogP contribution in [0.4, 0.5) is 5.69 Å². The number of piperidine rings is 1. The van der Waals surface area contributed by atoms with E-state index < -0.39 is 5.41 Å². The molecule has 1 saturated carbocycles. The summed E-state index contributed by atoms with van der Waals surface area (Å²) >= 11 is 0. The van der Waals surface area contributed by atoms with Crippen molar-refractivity contribution in [1.82, 2.24) is 0 Å². The summed E-state index contributed by atoms with van der Waals surface area (Å²) in [5, 5.41) is 0. The van der Waals surface area contributed by atoms with Gasteiger partial charge in [-0.2, -0.15) is 0 Å². The number of aryl methyl sites for hydroxylation is 1. The average Bonchev–Trinajstić information content (AvgIpc) is 2.59. The van der Waals surface area contributed by atoms with E-state index in [4.69, 9.17) is 0 Å². The Kier molecular flexibility index (Phi) is 2.85. The van der Waals surface area contributed by atoms with Gasteiger partial charge in [-0.15, -0.1) is 0 Å². The van der Waals surface area contributed by atoms with Gasteiger partial charge in [-0.3, -0.25) is 9.59 Å². The standard InChI is InChI=1S/C18H23NO2/c1-11-7-6-8-14(12(11)2)19-15(20)13-9-10-18(5,16(19)21)17(13,3)4/h6-8,13H,9-10H2,1-5H3/t13-,18+/m1/s1. The molecule has 2 amide bonds. The van der Waals surface area contributed by atoms with Crippen LogP contribution < -0.4 is 4.90 Å². The molecule has 3 heteroatoms. The maximum atomic E-state index is 13.1. The maximum absolute atomic E-state index is 13.1.